The number of unbranched alkanes of at least 4 members (excludes halogenated alkanes) is 1. The molecule has 0 unspecified atom stereocenters. The van der Waals surface area contributed by atoms with Crippen molar-refractivity contribution in [1.82, 2.24) is 67.4 Å². The number of imidazole rings is 1. The van der Waals surface area contributed by atoms with E-state index in [-0.39, 0.29) is 90.6 Å². The van der Waals surface area contributed by atoms with Crippen LogP contribution >= 0.6 is 23.5 Å². The summed E-state index contributed by atoms with van der Waals surface area (Å²) in [5.74, 6) is -12.4. The quantitative estimate of drug-likeness (QED) is 0.0655. The highest BCUT2D eigenvalue weighted by Gasteiger charge is 2.49. The molecule has 2 aliphatic heterocycles. The van der Waals surface area contributed by atoms with Crippen LogP contribution in [0.25, 0.3) is 21.8 Å². The molecular formula is C69H80F3N15O13S2. The summed E-state index contributed by atoms with van der Waals surface area (Å²) in [4.78, 5) is 171. The van der Waals surface area contributed by atoms with Gasteiger partial charge < -0.3 is 84.1 Å². The number of primary amides is 1. The first-order chi connectivity index (χ1) is 48.8. The minimum Gasteiger partial charge on any atom is -0.508 e. The van der Waals surface area contributed by atoms with Crippen LogP contribution in [0.5, 0.6) is 5.75 Å². The van der Waals surface area contributed by atoms with Crippen molar-refractivity contribution in [3.8, 4) is 5.75 Å². The molecule has 0 saturated carbocycles. The summed E-state index contributed by atoms with van der Waals surface area (Å²) in [6.07, 6.45) is 4.01. The van der Waals surface area contributed by atoms with Crippen LogP contribution < -0.4 is 54.0 Å². The van der Waals surface area contributed by atoms with E-state index in [4.69, 9.17) is 11.5 Å². The fraction of sp³-hybridized carbons (Fsp3) is 0.391. The Balaban J connectivity index is 1.06. The Morgan fingerprint density at radius 2 is 1.22 bits per heavy atom. The number of phenols is 1. The third kappa shape index (κ3) is 20.6. The minimum absolute atomic E-state index is 0.0210. The van der Waals surface area contributed by atoms with Crippen LogP contribution in [0.4, 0.5) is 13.2 Å². The van der Waals surface area contributed by atoms with Crippen LogP contribution in [-0.4, -0.2) is 179 Å². The van der Waals surface area contributed by atoms with E-state index in [0.717, 1.165) is 6.07 Å². The first-order valence-corrected chi connectivity index (χ1v) is 35.3. The number of fused-ring (bicyclic) bond motifs is 5. The van der Waals surface area contributed by atoms with Crippen molar-refractivity contribution in [1.29, 1.82) is 0 Å². The molecule has 1 fully saturated rings. The third-order valence-electron chi connectivity index (χ3n) is 17.6. The van der Waals surface area contributed by atoms with Gasteiger partial charge in [-0.25, -0.2) is 18.2 Å². The fourth-order valence-electron chi connectivity index (χ4n) is 12.2. The zero-order chi connectivity index (χ0) is 73.2. The number of aromatic amines is 3. The molecular weight excluding hydrogens is 1370 g/mol. The Morgan fingerprint density at radius 1 is 0.637 bits per heavy atom. The highest BCUT2D eigenvalue weighted by molar-refractivity contribution is 7.98. The molecule has 2 aliphatic rings. The third-order valence-corrected chi connectivity index (χ3v) is 19.7. The van der Waals surface area contributed by atoms with Gasteiger partial charge in [0.05, 0.1) is 19.3 Å². The largest absolute Gasteiger partial charge is 0.508 e. The van der Waals surface area contributed by atoms with Gasteiger partial charge in [0.2, 0.25) is 59.1 Å². The summed E-state index contributed by atoms with van der Waals surface area (Å²) in [6.45, 7) is 0.953. The number of rotatable bonds is 15. The highest BCUT2D eigenvalue weighted by atomic mass is 32.2. The lowest BCUT2D eigenvalue weighted by atomic mass is 9.95. The molecule has 542 valence electrons. The van der Waals surface area contributed by atoms with Crippen LogP contribution in [0.15, 0.2) is 104 Å². The van der Waals surface area contributed by atoms with Crippen LogP contribution in [0.1, 0.15) is 85.4 Å². The molecule has 1 saturated heterocycles. The molecule has 28 nitrogen and oxygen atoms in total. The Morgan fingerprint density at radius 3 is 1.81 bits per heavy atom. The first kappa shape index (κ1) is 75.8. The number of carbonyl (C=O) groups excluding carboxylic acids is 10. The lowest BCUT2D eigenvalue weighted by Gasteiger charge is -2.37. The van der Waals surface area contributed by atoms with E-state index in [1.54, 1.807) is 6.07 Å². The number of aliphatic carboxylic acids is 1. The Bertz CT molecular complexity index is 4220. The summed E-state index contributed by atoms with van der Waals surface area (Å²) in [6, 6.07) is 6.33. The maximum absolute atomic E-state index is 15.2. The van der Waals surface area contributed by atoms with E-state index < -0.39 is 163 Å². The van der Waals surface area contributed by atoms with Gasteiger partial charge in [-0.05, 0) is 134 Å². The Labute approximate surface area is 591 Å². The molecule has 0 aliphatic carbocycles. The Kier molecular flexibility index (Phi) is 26.2. The molecule has 17 N–H and O–H groups in total. The average Bonchev–Trinajstić information content (AvgIpc) is 1.59. The Hall–Kier alpha value is -10.4. The smallest absolute Gasteiger partial charge is 0.305 e. The molecule has 8 atom stereocenters. The van der Waals surface area contributed by atoms with E-state index >= 15 is 23.6 Å². The fourth-order valence-corrected chi connectivity index (χ4v) is 14.1. The lowest BCUT2D eigenvalue weighted by molar-refractivity contribution is -0.147. The number of hydrogen-bond donors (Lipinski definition) is 15. The van der Waals surface area contributed by atoms with Crippen LogP contribution in [0, 0.1) is 17.5 Å². The number of H-pyrrole nitrogens is 3. The second-order valence-electron chi connectivity index (χ2n) is 25.2. The number of halogens is 3. The van der Waals surface area contributed by atoms with Gasteiger partial charge >= 0.3 is 5.97 Å². The van der Waals surface area contributed by atoms with Gasteiger partial charge in [0.25, 0.3) is 0 Å². The summed E-state index contributed by atoms with van der Waals surface area (Å²) in [7, 11) is 0. The molecule has 2 bridgehead atoms. The minimum atomic E-state index is -2.06. The summed E-state index contributed by atoms with van der Waals surface area (Å²) in [5.41, 5.74) is 13.1. The van der Waals surface area contributed by atoms with Crippen molar-refractivity contribution in [2.24, 2.45) is 11.5 Å². The average molecular weight is 1450 g/mol. The molecule has 102 heavy (non-hydrogen) atoms. The van der Waals surface area contributed by atoms with Crippen LogP contribution in [-0.2, 0) is 89.9 Å². The summed E-state index contributed by atoms with van der Waals surface area (Å²) < 4.78 is 45.0. The van der Waals surface area contributed by atoms with Gasteiger partial charge in [-0.3, -0.25) is 52.7 Å². The zero-order valence-corrected chi connectivity index (χ0v) is 57.1. The highest BCUT2D eigenvalue weighted by Crippen LogP contribution is 2.32. The van der Waals surface area contributed by atoms with Gasteiger partial charge in [-0.15, -0.1) is 0 Å². The summed E-state index contributed by atoms with van der Waals surface area (Å²) >= 11 is 2.47. The van der Waals surface area contributed by atoms with Gasteiger partial charge in [-0.2, -0.15) is 23.5 Å². The van der Waals surface area contributed by atoms with Crippen molar-refractivity contribution in [2.75, 3.05) is 31.1 Å². The van der Waals surface area contributed by atoms with Gasteiger partial charge in [0.1, 0.15) is 71.0 Å². The maximum atomic E-state index is 15.2. The van der Waals surface area contributed by atoms with E-state index in [0.29, 0.717) is 51.5 Å². The van der Waals surface area contributed by atoms with E-state index in [1.807, 2.05) is 0 Å². The molecule has 10 amide bonds. The second-order valence-corrected chi connectivity index (χ2v) is 27.4. The molecule has 4 aromatic carbocycles. The van der Waals surface area contributed by atoms with Crippen molar-refractivity contribution >= 4 is 110 Å². The standard InChI is InChI=1S/C69H80F3N15O13S2/c1-69-15-4-17-87(69)67(99)56(22-37-6-10-46(88)11-7-37)85-65(97)54(27-45-31-75-36-79-45)83-66(98)55(28-60(91)92)84-64(96)53(24-41-30-77-50-13-9-43(71)26-48(41)50)82-63(95)52(23-40-29-76-49-12-8-42(70)25-47(40)49)81-59(90)32-78-62(94)51(5-2-3-16-73)80-58(89)14-18-101-33-38-19-39(21-44(72)20-38)34-102-35-57(61(74)93)86-68(69)100/h6-13,19-21,25-26,29-31,36,51-57,76-77,88H,2-5,14-18,22-24,27-28,32-35,73H2,1H3,(H2,74,93)(H,75,79)(H,78,94)(H,80,89)(H,81,90)(H,82,95)(H,83,98)(H,84,96)(H,85,97)(H,86,100)(H,91,92)/t51-,52-,53-,54-,55-,56-,57-,69-/m0/s1. The molecule has 0 radical (unpaired) electrons. The number of aromatic nitrogens is 4. The number of carbonyl (C=O) groups is 11. The van der Waals surface area contributed by atoms with Crippen molar-refractivity contribution < 1.29 is 76.1 Å². The molecule has 3 aromatic heterocycles. The maximum Gasteiger partial charge on any atom is 0.305 e. The van der Waals surface area contributed by atoms with Gasteiger partial charge in [0.15, 0.2) is 0 Å². The SMILES string of the molecule is C[C@@]12CCCN1C(=O)[C@H](Cc1ccc(O)cc1)NC(=O)[C@H](Cc1cnc[nH]1)NC(=O)[C@H](CC(=O)O)NC(=O)[C@H](Cc1c[nH]c3ccc(F)cc13)NC(=O)[C@H](Cc1c[nH]c3ccc(F)cc13)NC(=O)CNC(=O)[C@H](CCCCN)NC(=O)CCSCc1cc(F)cc(c1)CSC[C@@H](C(N)=O)NC2=O. The molecule has 33 heteroatoms. The number of phenolic OH excluding ortho intramolecular Hbond substituents is 1. The number of nitrogens with one attached hydrogen (secondary N) is 11. The van der Waals surface area contributed by atoms with E-state index in [2.05, 4.69) is 62.5 Å². The molecule has 5 heterocycles. The van der Waals surface area contributed by atoms with Gasteiger partial charge in [0, 0.05) is 108 Å². The van der Waals surface area contributed by atoms with Crippen LogP contribution in [0.3, 0.4) is 0 Å². The predicted octanol–water partition coefficient (Wildman–Crippen LogP) is 2.32. The number of thioether (sulfide) groups is 2. The number of aromatic hydroxyl groups is 1. The molecule has 0 spiro atoms. The summed E-state index contributed by atoms with van der Waals surface area (Å²) in [5, 5.41) is 41.8. The molecule has 7 aromatic rings. The van der Waals surface area contributed by atoms with Crippen molar-refractivity contribution in [3.63, 3.8) is 0 Å². The van der Waals surface area contributed by atoms with Crippen molar-refractivity contribution in [3.05, 3.63) is 155 Å². The normalized spacial score (nSPS) is 22.6. The number of hydrogen-bond acceptors (Lipinski definition) is 16. The first-order valence-electron chi connectivity index (χ1n) is 32.9. The zero-order valence-electron chi connectivity index (χ0n) is 55.5. The van der Waals surface area contributed by atoms with E-state index in [9.17, 15) is 52.6 Å². The molecule has 9 rings (SSSR count). The topological polar surface area (TPSA) is 440 Å². The number of nitrogens with zero attached hydrogens (tertiary/aromatic N) is 2. The number of amides is 10. The van der Waals surface area contributed by atoms with E-state index in [1.165, 1.54) is 127 Å². The van der Waals surface area contributed by atoms with Crippen molar-refractivity contribution in [2.45, 2.75) is 137 Å². The number of benzene rings is 4. The number of carboxylic acids is 1. The monoisotopic (exact) mass is 1450 g/mol. The number of carboxylic acid groups (broad SMARTS) is 1. The predicted molar refractivity (Wildman–Crippen MR) is 372 cm³/mol. The van der Waals surface area contributed by atoms with Gasteiger partial charge in [-0.1, -0.05) is 18.2 Å². The number of nitrogens with two attached hydrogens (primary N) is 2. The van der Waals surface area contributed by atoms with Crippen LogP contribution in [0.2, 0.25) is 0 Å². The second kappa shape index (κ2) is 35.3. The lowest BCUT2D eigenvalue weighted by Crippen LogP contribution is -2.63.